The van der Waals surface area contributed by atoms with Gasteiger partial charge in [0.05, 0.1) is 36.7 Å². The Labute approximate surface area is 150 Å². The fraction of sp³-hybridized carbons (Fsp3) is 0.250. The van der Waals surface area contributed by atoms with Crippen LogP contribution >= 0.6 is 0 Å². The number of methoxy groups -OCH3 is 2. The molecule has 5 nitrogen and oxygen atoms in total. The Morgan fingerprint density at radius 3 is 1.30 bits per heavy atom. The molecule has 0 aliphatic heterocycles. The topological polar surface area (TPSA) is 54.5 Å². The third-order valence-corrected chi connectivity index (χ3v) is 3.35. The fourth-order valence-corrected chi connectivity index (χ4v) is 2.08. The smallest absolute Gasteiger partial charge is 0.416 e. The Balaban J connectivity index is 2.15. The van der Waals surface area contributed by atoms with Crippen molar-refractivity contribution in [3.8, 4) is 11.5 Å². The number of anilines is 2. The van der Waals surface area contributed by atoms with Crippen LogP contribution in [0.1, 0.15) is 11.1 Å². The molecule has 2 aromatic carbocycles. The molecular weight excluding hydrogens is 380 g/mol. The minimum atomic E-state index is -4.59. The van der Waals surface area contributed by atoms with E-state index in [1.807, 2.05) is 0 Å². The molecule has 3 N–H and O–H groups in total. The van der Waals surface area contributed by atoms with E-state index in [0.29, 0.717) is 0 Å². The van der Waals surface area contributed by atoms with Gasteiger partial charge in [0.2, 0.25) is 0 Å². The van der Waals surface area contributed by atoms with E-state index in [4.69, 9.17) is 9.47 Å². The summed E-state index contributed by atoms with van der Waals surface area (Å²) in [6.45, 7) is 0. The van der Waals surface area contributed by atoms with Gasteiger partial charge in [-0.05, 0) is 24.3 Å². The molecule has 0 spiro atoms. The van der Waals surface area contributed by atoms with Gasteiger partial charge in [0.25, 0.3) is 0 Å². The highest BCUT2D eigenvalue weighted by atomic mass is 19.4. The molecule has 0 saturated carbocycles. The summed E-state index contributed by atoms with van der Waals surface area (Å²) in [5.74, 6) is -0.0928. The van der Waals surface area contributed by atoms with E-state index in [9.17, 15) is 26.3 Å². The third-order valence-electron chi connectivity index (χ3n) is 3.35. The largest absolute Gasteiger partial charge is 0.497 e. The summed E-state index contributed by atoms with van der Waals surface area (Å²) in [5, 5.41) is 0. The zero-order valence-electron chi connectivity index (χ0n) is 14.0. The molecule has 0 atom stereocenters. The molecule has 0 heterocycles. The van der Waals surface area contributed by atoms with E-state index in [1.165, 1.54) is 26.4 Å². The van der Waals surface area contributed by atoms with Crippen molar-refractivity contribution < 1.29 is 35.8 Å². The quantitative estimate of drug-likeness (QED) is 0.490. The number of ether oxygens (including phenoxy) is 2. The van der Waals surface area contributed by atoms with Gasteiger partial charge in [-0.2, -0.15) is 31.9 Å². The van der Waals surface area contributed by atoms with Crippen molar-refractivity contribution >= 4 is 11.4 Å². The molecule has 0 bridgehead atoms. The van der Waals surface area contributed by atoms with Crippen LogP contribution in [0.3, 0.4) is 0 Å². The molecule has 0 saturated heterocycles. The molecule has 0 aliphatic carbocycles. The maximum absolute atomic E-state index is 12.9. The highest BCUT2D eigenvalue weighted by Crippen LogP contribution is 2.35. The van der Waals surface area contributed by atoms with E-state index in [2.05, 4.69) is 16.4 Å². The van der Waals surface area contributed by atoms with Gasteiger partial charge in [-0.15, -0.1) is 0 Å². The Morgan fingerprint density at radius 1 is 0.630 bits per heavy atom. The number of hydrazine groups is 2. The highest BCUT2D eigenvalue weighted by molar-refractivity contribution is 5.54. The predicted molar refractivity (Wildman–Crippen MR) is 86.4 cm³/mol. The molecule has 0 amide bonds. The second-order valence-electron chi connectivity index (χ2n) is 5.27. The van der Waals surface area contributed by atoms with Gasteiger partial charge >= 0.3 is 12.4 Å². The predicted octanol–water partition coefficient (Wildman–Crippen LogP) is 4.69. The van der Waals surface area contributed by atoms with Crippen molar-refractivity contribution in [1.29, 1.82) is 0 Å². The zero-order valence-corrected chi connectivity index (χ0v) is 14.0. The Bertz CT molecular complexity index is 727. The summed E-state index contributed by atoms with van der Waals surface area (Å²) in [7, 11) is 2.42. The lowest BCUT2D eigenvalue weighted by Crippen LogP contribution is -2.28. The highest BCUT2D eigenvalue weighted by Gasteiger charge is 2.32. The summed E-state index contributed by atoms with van der Waals surface area (Å²) >= 11 is 0. The molecule has 0 aliphatic rings. The van der Waals surface area contributed by atoms with Gasteiger partial charge in [-0.3, -0.25) is 0 Å². The average Bonchev–Trinajstić information content (AvgIpc) is 2.59. The summed E-state index contributed by atoms with van der Waals surface area (Å²) in [4.78, 5) is 0. The number of hydrogen-bond acceptors (Lipinski definition) is 5. The minimum absolute atomic E-state index is 0.0203. The SMILES string of the molecule is COc1cc(NNNc2cc(OC)cc(C(F)(F)F)c2)cc(C(F)(F)F)c1. The van der Waals surface area contributed by atoms with Crippen LogP contribution in [0.15, 0.2) is 36.4 Å². The van der Waals surface area contributed by atoms with E-state index in [0.717, 1.165) is 24.3 Å². The van der Waals surface area contributed by atoms with Crippen LogP contribution in [0, 0.1) is 0 Å². The van der Waals surface area contributed by atoms with Crippen LogP contribution < -0.4 is 25.9 Å². The summed E-state index contributed by atoms with van der Waals surface area (Å²) in [6, 6.07) is 5.80. The van der Waals surface area contributed by atoms with Crippen molar-refractivity contribution in [3.63, 3.8) is 0 Å². The van der Waals surface area contributed by atoms with Crippen LogP contribution in [0.4, 0.5) is 37.7 Å². The van der Waals surface area contributed by atoms with Crippen molar-refractivity contribution in [2.24, 2.45) is 0 Å². The third kappa shape index (κ3) is 5.58. The second-order valence-corrected chi connectivity index (χ2v) is 5.27. The summed E-state index contributed by atoms with van der Waals surface area (Å²) in [6.07, 6.45) is -9.18. The van der Waals surface area contributed by atoms with E-state index < -0.39 is 23.5 Å². The van der Waals surface area contributed by atoms with Gasteiger partial charge < -0.3 is 20.3 Å². The lowest BCUT2D eigenvalue weighted by molar-refractivity contribution is -0.138. The molecule has 0 radical (unpaired) electrons. The first-order valence-electron chi connectivity index (χ1n) is 7.32. The maximum Gasteiger partial charge on any atom is 0.416 e. The molecule has 0 fully saturated rings. The Hall–Kier alpha value is -2.82. The molecule has 27 heavy (non-hydrogen) atoms. The zero-order chi connectivity index (χ0) is 20.2. The van der Waals surface area contributed by atoms with Gasteiger partial charge in [-0.25, -0.2) is 0 Å². The molecule has 2 rings (SSSR count). The van der Waals surface area contributed by atoms with Crippen LogP contribution in [0.25, 0.3) is 0 Å². The second kappa shape index (κ2) is 7.82. The lowest BCUT2D eigenvalue weighted by Gasteiger charge is -2.16. The number of halogens is 6. The van der Waals surface area contributed by atoms with Crippen molar-refractivity contribution in [2.75, 3.05) is 25.1 Å². The summed E-state index contributed by atoms with van der Waals surface area (Å²) in [5.41, 5.74) is 5.21. The van der Waals surface area contributed by atoms with Crippen LogP contribution in [-0.4, -0.2) is 14.2 Å². The normalized spacial score (nSPS) is 11.9. The van der Waals surface area contributed by atoms with Gasteiger partial charge in [-0.1, -0.05) is 0 Å². The first kappa shape index (κ1) is 20.5. The molecule has 11 heteroatoms. The monoisotopic (exact) mass is 395 g/mol. The standard InChI is InChI=1S/C16H15F6N3O2/c1-26-13-5-9(15(17,18)19)3-11(7-13)23-25-24-12-4-10(16(20,21)22)6-14(8-12)27-2/h3-8,23-25H,1-2H3. The minimum Gasteiger partial charge on any atom is -0.497 e. The number of hydrogen-bond donors (Lipinski definition) is 3. The van der Waals surface area contributed by atoms with Crippen LogP contribution in [0.5, 0.6) is 11.5 Å². The van der Waals surface area contributed by atoms with Crippen molar-refractivity contribution in [1.82, 2.24) is 5.53 Å². The maximum atomic E-state index is 12.9. The van der Waals surface area contributed by atoms with Gasteiger partial charge in [0, 0.05) is 12.1 Å². The molecular formula is C16H15F6N3O2. The van der Waals surface area contributed by atoms with Gasteiger partial charge in [0.1, 0.15) is 11.5 Å². The van der Waals surface area contributed by atoms with Crippen LogP contribution in [-0.2, 0) is 12.4 Å². The summed E-state index contributed by atoms with van der Waals surface area (Å²) < 4.78 is 86.8. The number of benzene rings is 2. The van der Waals surface area contributed by atoms with Crippen molar-refractivity contribution in [3.05, 3.63) is 47.5 Å². The first-order valence-corrected chi connectivity index (χ1v) is 7.32. The van der Waals surface area contributed by atoms with Crippen LogP contribution in [0.2, 0.25) is 0 Å². The number of rotatable bonds is 6. The van der Waals surface area contributed by atoms with Gasteiger partial charge in [0.15, 0.2) is 0 Å². The first-order chi connectivity index (χ1) is 12.5. The number of alkyl halides is 6. The van der Waals surface area contributed by atoms with E-state index in [1.54, 1.807) is 0 Å². The van der Waals surface area contributed by atoms with E-state index >= 15 is 0 Å². The molecule has 2 aromatic rings. The van der Waals surface area contributed by atoms with Crippen molar-refractivity contribution in [2.45, 2.75) is 12.4 Å². The van der Waals surface area contributed by atoms with E-state index in [-0.39, 0.29) is 22.9 Å². The Morgan fingerprint density at radius 2 is 1.00 bits per heavy atom. The molecule has 0 unspecified atom stereocenters. The lowest BCUT2D eigenvalue weighted by atomic mass is 10.2. The average molecular weight is 395 g/mol. The Kier molecular flexibility index (Phi) is 5.94. The number of nitrogens with one attached hydrogen (secondary N) is 3. The molecule has 148 valence electrons. The fourth-order valence-electron chi connectivity index (χ4n) is 2.08. The molecule has 0 aromatic heterocycles.